The fraction of sp³-hybridized carbons (Fsp3) is 0.722. The van der Waals surface area contributed by atoms with Crippen molar-refractivity contribution in [2.24, 2.45) is 5.92 Å². The van der Waals surface area contributed by atoms with Crippen molar-refractivity contribution >= 4 is 11.9 Å². The quantitative estimate of drug-likeness (QED) is 0.681. The van der Waals surface area contributed by atoms with Gasteiger partial charge in [-0.3, -0.25) is 14.6 Å². The van der Waals surface area contributed by atoms with Crippen molar-refractivity contribution in [3.63, 3.8) is 0 Å². The van der Waals surface area contributed by atoms with Gasteiger partial charge < -0.3 is 14.6 Å². The first-order valence-corrected chi connectivity index (χ1v) is 9.11. The van der Waals surface area contributed by atoms with Gasteiger partial charge in [-0.05, 0) is 19.3 Å². The average Bonchev–Trinajstić information content (AvgIpc) is 2.99. The Labute approximate surface area is 154 Å². The van der Waals surface area contributed by atoms with E-state index in [0.29, 0.717) is 18.9 Å². The number of ether oxygens (including phenoxy) is 1. The van der Waals surface area contributed by atoms with Crippen LogP contribution in [0.15, 0.2) is 10.6 Å². The van der Waals surface area contributed by atoms with Crippen molar-refractivity contribution in [1.29, 1.82) is 0 Å². The zero-order valence-corrected chi connectivity index (χ0v) is 16.2. The maximum absolute atomic E-state index is 12.3. The van der Waals surface area contributed by atoms with Crippen LogP contribution in [-0.4, -0.2) is 72.7 Å². The molecule has 1 atom stereocenters. The van der Waals surface area contributed by atoms with Crippen molar-refractivity contribution in [3.8, 4) is 0 Å². The van der Waals surface area contributed by atoms with E-state index in [1.807, 2.05) is 26.8 Å². The van der Waals surface area contributed by atoms with E-state index in [-0.39, 0.29) is 11.9 Å². The number of nitrogens with one attached hydrogen (secondary N) is 1. The molecule has 0 saturated carbocycles. The van der Waals surface area contributed by atoms with Crippen LogP contribution in [0.1, 0.15) is 31.7 Å². The summed E-state index contributed by atoms with van der Waals surface area (Å²) >= 11 is 0. The Morgan fingerprint density at radius 3 is 2.46 bits per heavy atom. The molecule has 1 aliphatic heterocycles. The number of hydrogen-bond donors (Lipinski definition) is 1. The van der Waals surface area contributed by atoms with Crippen LogP contribution in [0.4, 0.5) is 0 Å². The molecule has 146 valence electrons. The summed E-state index contributed by atoms with van der Waals surface area (Å²) in [5.41, 5.74) is 0.886. The highest BCUT2D eigenvalue weighted by atomic mass is 16.5. The number of nitrogens with zero attached hydrogens (tertiary/aromatic N) is 3. The Morgan fingerprint density at radius 1 is 1.27 bits per heavy atom. The zero-order valence-electron chi connectivity index (χ0n) is 16.2. The number of hydrogen-bond acceptors (Lipinski definition) is 7. The van der Waals surface area contributed by atoms with Crippen LogP contribution >= 0.6 is 0 Å². The van der Waals surface area contributed by atoms with Gasteiger partial charge in [0.05, 0.1) is 25.9 Å². The summed E-state index contributed by atoms with van der Waals surface area (Å²) in [4.78, 5) is 28.5. The number of methoxy groups -OCH3 is 1. The second-order valence-electron chi connectivity index (χ2n) is 7.26. The first-order valence-electron chi connectivity index (χ1n) is 9.11. The van der Waals surface area contributed by atoms with E-state index < -0.39 is 6.04 Å². The van der Waals surface area contributed by atoms with Crippen LogP contribution in [0, 0.1) is 12.8 Å². The monoisotopic (exact) mass is 366 g/mol. The molecule has 2 heterocycles. The predicted octanol–water partition coefficient (Wildman–Crippen LogP) is 0.805. The SMILES string of the molecule is COC(=O)C(CC(C)C)NC(=O)CN1CCN(Cc2cc(C)no2)CC1. The summed E-state index contributed by atoms with van der Waals surface area (Å²) in [7, 11) is 1.34. The largest absolute Gasteiger partial charge is 0.467 e. The molecule has 1 amide bonds. The van der Waals surface area contributed by atoms with Crippen LogP contribution in [0.2, 0.25) is 0 Å². The Bertz CT molecular complexity index is 594. The lowest BCUT2D eigenvalue weighted by atomic mass is 10.0. The van der Waals surface area contributed by atoms with E-state index >= 15 is 0 Å². The van der Waals surface area contributed by atoms with Crippen LogP contribution < -0.4 is 5.32 Å². The highest BCUT2D eigenvalue weighted by molar-refractivity contribution is 5.85. The molecular weight excluding hydrogens is 336 g/mol. The van der Waals surface area contributed by atoms with Crippen LogP contribution in [0.3, 0.4) is 0 Å². The minimum Gasteiger partial charge on any atom is -0.467 e. The van der Waals surface area contributed by atoms with E-state index in [2.05, 4.69) is 20.3 Å². The third kappa shape index (κ3) is 6.42. The topological polar surface area (TPSA) is 87.9 Å². The van der Waals surface area contributed by atoms with Crippen LogP contribution in [-0.2, 0) is 20.9 Å². The Balaban J connectivity index is 1.75. The molecule has 0 spiro atoms. The smallest absolute Gasteiger partial charge is 0.328 e. The van der Waals surface area contributed by atoms with Gasteiger partial charge in [0, 0.05) is 32.2 Å². The highest BCUT2D eigenvalue weighted by Gasteiger charge is 2.25. The number of carbonyl (C=O) groups is 2. The van der Waals surface area contributed by atoms with Crippen molar-refractivity contribution in [1.82, 2.24) is 20.3 Å². The van der Waals surface area contributed by atoms with E-state index in [1.165, 1.54) is 7.11 Å². The van der Waals surface area contributed by atoms with Crippen molar-refractivity contribution in [2.45, 2.75) is 39.8 Å². The minimum atomic E-state index is -0.580. The second kappa shape index (κ2) is 9.68. The predicted molar refractivity (Wildman–Crippen MR) is 96.4 cm³/mol. The molecule has 1 aromatic rings. The summed E-state index contributed by atoms with van der Waals surface area (Å²) in [5, 5.41) is 6.71. The lowest BCUT2D eigenvalue weighted by Crippen LogP contribution is -2.51. The standard InChI is InChI=1S/C18H30N4O4/c1-13(2)9-16(18(24)25-4)19-17(23)12-22-7-5-21(6-8-22)11-15-10-14(3)20-26-15/h10,13,16H,5-9,11-12H2,1-4H3,(H,19,23). The number of piperazine rings is 1. The third-order valence-electron chi connectivity index (χ3n) is 4.42. The molecule has 0 radical (unpaired) electrons. The summed E-state index contributed by atoms with van der Waals surface area (Å²) in [6.07, 6.45) is 0.572. The molecule has 0 aliphatic carbocycles. The van der Waals surface area contributed by atoms with E-state index in [1.54, 1.807) is 0 Å². The molecule has 8 nitrogen and oxygen atoms in total. The fourth-order valence-electron chi connectivity index (χ4n) is 3.09. The fourth-order valence-corrected chi connectivity index (χ4v) is 3.09. The van der Waals surface area contributed by atoms with Gasteiger partial charge in [0.2, 0.25) is 5.91 Å². The number of aromatic nitrogens is 1. The maximum atomic E-state index is 12.3. The summed E-state index contributed by atoms with van der Waals surface area (Å²) in [6.45, 7) is 10.3. The zero-order chi connectivity index (χ0) is 19.1. The number of amides is 1. The van der Waals surface area contributed by atoms with Gasteiger partial charge in [-0.25, -0.2) is 4.79 Å². The Morgan fingerprint density at radius 2 is 1.92 bits per heavy atom. The molecule has 1 aliphatic rings. The van der Waals surface area contributed by atoms with Crippen LogP contribution in [0.5, 0.6) is 0 Å². The van der Waals surface area contributed by atoms with Gasteiger partial charge in [-0.1, -0.05) is 19.0 Å². The first kappa shape index (κ1) is 20.4. The molecule has 0 aromatic carbocycles. The minimum absolute atomic E-state index is 0.139. The molecule has 1 N–H and O–H groups in total. The van der Waals surface area contributed by atoms with Gasteiger partial charge in [0.1, 0.15) is 6.04 Å². The number of esters is 1. The first-order chi connectivity index (χ1) is 12.4. The Kier molecular flexibility index (Phi) is 7.59. The summed E-state index contributed by atoms with van der Waals surface area (Å²) in [6, 6.07) is 1.37. The number of rotatable bonds is 8. The van der Waals surface area contributed by atoms with Gasteiger partial charge in [-0.15, -0.1) is 0 Å². The van der Waals surface area contributed by atoms with Crippen molar-refractivity contribution in [2.75, 3.05) is 39.8 Å². The van der Waals surface area contributed by atoms with Gasteiger partial charge in [-0.2, -0.15) is 0 Å². The summed E-state index contributed by atoms with van der Waals surface area (Å²) < 4.78 is 10.0. The Hall–Kier alpha value is -1.93. The molecule has 0 bridgehead atoms. The molecule has 1 aromatic heterocycles. The van der Waals surface area contributed by atoms with Gasteiger partial charge in [0.25, 0.3) is 0 Å². The second-order valence-corrected chi connectivity index (χ2v) is 7.26. The van der Waals surface area contributed by atoms with E-state index in [4.69, 9.17) is 9.26 Å². The lowest BCUT2D eigenvalue weighted by molar-refractivity contribution is -0.145. The molecule has 26 heavy (non-hydrogen) atoms. The molecule has 8 heteroatoms. The average molecular weight is 366 g/mol. The van der Waals surface area contributed by atoms with Gasteiger partial charge >= 0.3 is 5.97 Å². The molecule has 1 fully saturated rings. The molecule has 2 rings (SSSR count). The molecule has 1 unspecified atom stereocenters. The van der Waals surface area contributed by atoms with Crippen LogP contribution in [0.25, 0.3) is 0 Å². The normalized spacial score (nSPS) is 17.3. The van der Waals surface area contributed by atoms with E-state index in [0.717, 1.165) is 44.2 Å². The summed E-state index contributed by atoms with van der Waals surface area (Å²) in [5.74, 6) is 0.630. The number of carbonyl (C=O) groups excluding carboxylic acids is 2. The maximum Gasteiger partial charge on any atom is 0.328 e. The van der Waals surface area contributed by atoms with Gasteiger partial charge in [0.15, 0.2) is 5.76 Å². The molecule has 1 saturated heterocycles. The number of aryl methyl sites for hydroxylation is 1. The third-order valence-corrected chi connectivity index (χ3v) is 4.42. The molecular formula is C18H30N4O4. The van der Waals surface area contributed by atoms with E-state index in [9.17, 15) is 9.59 Å². The van der Waals surface area contributed by atoms with Crippen molar-refractivity contribution < 1.29 is 18.8 Å². The lowest BCUT2D eigenvalue weighted by Gasteiger charge is -2.33. The highest BCUT2D eigenvalue weighted by Crippen LogP contribution is 2.10. The van der Waals surface area contributed by atoms with Crippen molar-refractivity contribution in [3.05, 3.63) is 17.5 Å².